The van der Waals surface area contributed by atoms with E-state index < -0.39 is 0 Å². The van der Waals surface area contributed by atoms with Crippen LogP contribution in [0.5, 0.6) is 0 Å². The molecule has 1 rings (SSSR count). The van der Waals surface area contributed by atoms with Gasteiger partial charge < -0.3 is 10.2 Å². The Morgan fingerprint density at radius 3 is 2.75 bits per heavy atom. The molecule has 108 valence electrons. The third-order valence-corrected chi connectivity index (χ3v) is 3.15. The van der Waals surface area contributed by atoms with Gasteiger partial charge >= 0.3 is 0 Å². The van der Waals surface area contributed by atoms with Crippen LogP contribution in [0.2, 0.25) is 0 Å². The monoisotopic (exact) mass is 273 g/mol. The Kier molecular flexibility index (Phi) is 6.05. The van der Waals surface area contributed by atoms with Gasteiger partial charge in [-0.15, -0.1) is 0 Å². The summed E-state index contributed by atoms with van der Waals surface area (Å²) in [6, 6.07) is 7.91. The van der Waals surface area contributed by atoms with Crippen LogP contribution in [0.3, 0.4) is 0 Å². The van der Waals surface area contributed by atoms with E-state index in [1.165, 1.54) is 0 Å². The van der Waals surface area contributed by atoms with Gasteiger partial charge in [-0.05, 0) is 44.0 Å². The smallest absolute Gasteiger partial charge is 0.253 e. The topological polar surface area (TPSA) is 56.1 Å². The zero-order valence-electron chi connectivity index (χ0n) is 12.7. The van der Waals surface area contributed by atoms with Crippen LogP contribution in [0.25, 0.3) is 0 Å². The van der Waals surface area contributed by atoms with Crippen LogP contribution < -0.4 is 5.32 Å². The SMILES string of the molecule is CCCNc1ccc(C(=O)N(C)CC(C)C#N)c(C)c1. The van der Waals surface area contributed by atoms with Crippen molar-refractivity contribution in [2.75, 3.05) is 25.5 Å². The maximum Gasteiger partial charge on any atom is 0.253 e. The van der Waals surface area contributed by atoms with Crippen molar-refractivity contribution in [2.45, 2.75) is 27.2 Å². The Bertz CT molecular complexity index is 505. The van der Waals surface area contributed by atoms with Crippen LogP contribution in [-0.4, -0.2) is 30.9 Å². The van der Waals surface area contributed by atoms with Gasteiger partial charge in [-0.3, -0.25) is 4.79 Å². The summed E-state index contributed by atoms with van der Waals surface area (Å²) in [5.41, 5.74) is 2.68. The van der Waals surface area contributed by atoms with Crippen LogP contribution >= 0.6 is 0 Å². The van der Waals surface area contributed by atoms with Gasteiger partial charge in [0.05, 0.1) is 12.0 Å². The summed E-state index contributed by atoms with van der Waals surface area (Å²) >= 11 is 0. The maximum absolute atomic E-state index is 12.3. The Labute approximate surface area is 121 Å². The van der Waals surface area contributed by atoms with E-state index in [0.29, 0.717) is 12.1 Å². The molecule has 0 fully saturated rings. The number of nitriles is 1. The first-order chi connectivity index (χ1) is 9.49. The van der Waals surface area contributed by atoms with Crippen molar-refractivity contribution in [1.82, 2.24) is 4.90 Å². The lowest BCUT2D eigenvalue weighted by Crippen LogP contribution is -2.31. The number of aryl methyl sites for hydroxylation is 1. The van der Waals surface area contributed by atoms with Crippen LogP contribution in [0.1, 0.15) is 36.2 Å². The minimum atomic E-state index is -0.158. The molecule has 0 aliphatic carbocycles. The Morgan fingerprint density at radius 1 is 1.50 bits per heavy atom. The van der Waals surface area contributed by atoms with Gasteiger partial charge in [-0.25, -0.2) is 0 Å². The third kappa shape index (κ3) is 4.27. The van der Waals surface area contributed by atoms with Crippen molar-refractivity contribution in [3.05, 3.63) is 29.3 Å². The quantitative estimate of drug-likeness (QED) is 0.866. The van der Waals surface area contributed by atoms with Gasteiger partial charge in [-0.2, -0.15) is 5.26 Å². The summed E-state index contributed by atoms with van der Waals surface area (Å²) < 4.78 is 0. The largest absolute Gasteiger partial charge is 0.385 e. The molecule has 20 heavy (non-hydrogen) atoms. The second-order valence-corrected chi connectivity index (χ2v) is 5.17. The molecule has 0 aromatic heterocycles. The summed E-state index contributed by atoms with van der Waals surface area (Å²) in [7, 11) is 1.73. The number of anilines is 1. The number of nitrogens with one attached hydrogen (secondary N) is 1. The number of rotatable bonds is 6. The van der Waals surface area contributed by atoms with E-state index in [4.69, 9.17) is 5.26 Å². The number of hydrogen-bond donors (Lipinski definition) is 1. The molecule has 0 aliphatic heterocycles. The Morgan fingerprint density at radius 2 is 2.20 bits per heavy atom. The van der Waals surface area contributed by atoms with E-state index in [0.717, 1.165) is 24.2 Å². The second-order valence-electron chi connectivity index (χ2n) is 5.17. The minimum Gasteiger partial charge on any atom is -0.385 e. The zero-order valence-corrected chi connectivity index (χ0v) is 12.7. The standard InChI is InChI=1S/C16H23N3O/c1-5-8-18-14-6-7-15(13(3)9-14)16(20)19(4)11-12(2)10-17/h6-7,9,12,18H,5,8,11H2,1-4H3. The van der Waals surface area contributed by atoms with Gasteiger partial charge in [0.2, 0.25) is 0 Å². The molecule has 0 radical (unpaired) electrons. The van der Waals surface area contributed by atoms with E-state index in [-0.39, 0.29) is 11.8 Å². The minimum absolute atomic E-state index is 0.0355. The summed E-state index contributed by atoms with van der Waals surface area (Å²) in [5.74, 6) is -0.193. The number of amides is 1. The molecular weight excluding hydrogens is 250 g/mol. The molecule has 0 aliphatic rings. The highest BCUT2D eigenvalue weighted by molar-refractivity contribution is 5.96. The van der Waals surface area contributed by atoms with Gasteiger partial charge in [0.1, 0.15) is 0 Å². The van der Waals surface area contributed by atoms with Crippen molar-refractivity contribution in [1.29, 1.82) is 5.26 Å². The first-order valence-electron chi connectivity index (χ1n) is 6.99. The van der Waals surface area contributed by atoms with E-state index >= 15 is 0 Å². The fourth-order valence-corrected chi connectivity index (χ4v) is 2.02. The van der Waals surface area contributed by atoms with Crippen LogP contribution in [-0.2, 0) is 0 Å². The zero-order chi connectivity index (χ0) is 15.1. The highest BCUT2D eigenvalue weighted by Crippen LogP contribution is 2.17. The average molecular weight is 273 g/mol. The summed E-state index contributed by atoms with van der Waals surface area (Å²) in [4.78, 5) is 13.9. The van der Waals surface area contributed by atoms with Gasteiger partial charge in [0, 0.05) is 31.4 Å². The number of carbonyl (C=O) groups is 1. The third-order valence-electron chi connectivity index (χ3n) is 3.15. The maximum atomic E-state index is 12.3. The lowest BCUT2D eigenvalue weighted by molar-refractivity contribution is 0.0784. The molecule has 4 heteroatoms. The van der Waals surface area contributed by atoms with Crippen LogP contribution in [0.15, 0.2) is 18.2 Å². The second kappa shape index (κ2) is 7.54. The molecule has 1 unspecified atom stereocenters. The lowest BCUT2D eigenvalue weighted by atomic mass is 10.1. The fraction of sp³-hybridized carbons (Fsp3) is 0.500. The van der Waals surface area contributed by atoms with Crippen molar-refractivity contribution >= 4 is 11.6 Å². The van der Waals surface area contributed by atoms with Crippen molar-refractivity contribution in [2.24, 2.45) is 5.92 Å². The number of nitrogens with zero attached hydrogens (tertiary/aromatic N) is 2. The molecule has 1 amide bonds. The summed E-state index contributed by atoms with van der Waals surface area (Å²) in [6.45, 7) is 7.24. The Hall–Kier alpha value is -2.02. The van der Waals surface area contributed by atoms with Crippen molar-refractivity contribution in [3.8, 4) is 6.07 Å². The van der Waals surface area contributed by atoms with Crippen molar-refractivity contribution < 1.29 is 4.79 Å². The molecule has 0 saturated carbocycles. The van der Waals surface area contributed by atoms with E-state index in [1.54, 1.807) is 11.9 Å². The number of hydrogen-bond acceptors (Lipinski definition) is 3. The Balaban J connectivity index is 2.81. The molecule has 0 heterocycles. The normalized spacial score (nSPS) is 11.6. The molecular formula is C16H23N3O. The summed E-state index contributed by atoms with van der Waals surface area (Å²) in [6.07, 6.45) is 1.06. The molecule has 1 atom stereocenters. The van der Waals surface area contributed by atoms with Crippen molar-refractivity contribution in [3.63, 3.8) is 0 Å². The molecule has 1 aromatic rings. The van der Waals surface area contributed by atoms with E-state index in [9.17, 15) is 4.79 Å². The molecule has 1 aromatic carbocycles. The molecule has 1 N–H and O–H groups in total. The molecule has 0 bridgehead atoms. The number of carbonyl (C=O) groups excluding carboxylic acids is 1. The predicted molar refractivity (Wildman–Crippen MR) is 81.7 cm³/mol. The highest BCUT2D eigenvalue weighted by Gasteiger charge is 2.16. The first kappa shape index (κ1) is 16.0. The lowest BCUT2D eigenvalue weighted by Gasteiger charge is -2.19. The average Bonchev–Trinajstić information content (AvgIpc) is 2.44. The highest BCUT2D eigenvalue weighted by atomic mass is 16.2. The molecule has 0 spiro atoms. The van der Waals surface area contributed by atoms with E-state index in [2.05, 4.69) is 18.3 Å². The first-order valence-corrected chi connectivity index (χ1v) is 6.99. The summed E-state index contributed by atoms with van der Waals surface area (Å²) in [5, 5.41) is 12.1. The van der Waals surface area contributed by atoms with Crippen LogP contribution in [0, 0.1) is 24.2 Å². The molecule has 4 nitrogen and oxygen atoms in total. The van der Waals surface area contributed by atoms with Gasteiger partial charge in [-0.1, -0.05) is 6.92 Å². The van der Waals surface area contributed by atoms with E-state index in [1.807, 2.05) is 32.0 Å². The van der Waals surface area contributed by atoms with Gasteiger partial charge in [0.15, 0.2) is 0 Å². The number of benzene rings is 1. The van der Waals surface area contributed by atoms with Gasteiger partial charge in [0.25, 0.3) is 5.91 Å². The fourth-order valence-electron chi connectivity index (χ4n) is 2.02. The predicted octanol–water partition coefficient (Wildman–Crippen LogP) is 3.05. The molecule has 0 saturated heterocycles. The van der Waals surface area contributed by atoms with Crippen LogP contribution in [0.4, 0.5) is 5.69 Å².